The van der Waals surface area contributed by atoms with Gasteiger partial charge < -0.3 is 9.80 Å². The molecule has 1 amide bonds. The van der Waals surface area contributed by atoms with E-state index >= 15 is 0 Å². The molecule has 1 rings (SSSR count). The van der Waals surface area contributed by atoms with E-state index in [0.717, 1.165) is 19.6 Å². The zero-order chi connectivity index (χ0) is 10.9. The SMILES string of the molecule is CN1CC(CN(C)C(=O)C(C)(C)C)C1. The number of hydrogen-bond donors (Lipinski definition) is 0. The normalized spacial score (nSPS) is 19.2. The monoisotopic (exact) mass is 198 g/mol. The van der Waals surface area contributed by atoms with Gasteiger partial charge in [-0.05, 0) is 7.05 Å². The highest BCUT2D eigenvalue weighted by Crippen LogP contribution is 2.19. The molecule has 0 atom stereocenters. The highest BCUT2D eigenvalue weighted by molar-refractivity contribution is 5.81. The minimum Gasteiger partial charge on any atom is -0.345 e. The molecule has 3 heteroatoms. The molecule has 1 aliphatic rings. The van der Waals surface area contributed by atoms with Crippen molar-refractivity contribution in [1.82, 2.24) is 9.80 Å². The summed E-state index contributed by atoms with van der Waals surface area (Å²) in [5.41, 5.74) is -0.246. The summed E-state index contributed by atoms with van der Waals surface area (Å²) in [6.45, 7) is 9.07. The maximum atomic E-state index is 11.8. The molecule has 14 heavy (non-hydrogen) atoms. The molecule has 0 unspecified atom stereocenters. The second-order valence-corrected chi connectivity index (χ2v) is 5.52. The second kappa shape index (κ2) is 3.89. The maximum absolute atomic E-state index is 11.8. The minimum absolute atomic E-state index is 0.243. The topological polar surface area (TPSA) is 23.6 Å². The highest BCUT2D eigenvalue weighted by atomic mass is 16.2. The summed E-state index contributed by atoms with van der Waals surface area (Å²) in [5.74, 6) is 0.920. The molecule has 1 aliphatic heterocycles. The molecule has 1 heterocycles. The van der Waals surface area contributed by atoms with Crippen molar-refractivity contribution in [1.29, 1.82) is 0 Å². The van der Waals surface area contributed by atoms with Gasteiger partial charge in [-0.15, -0.1) is 0 Å². The van der Waals surface area contributed by atoms with Gasteiger partial charge in [0.15, 0.2) is 0 Å². The first-order valence-corrected chi connectivity index (χ1v) is 5.25. The highest BCUT2D eigenvalue weighted by Gasteiger charge is 2.29. The van der Waals surface area contributed by atoms with Crippen LogP contribution in [-0.4, -0.2) is 49.4 Å². The molecule has 1 saturated heterocycles. The number of carbonyl (C=O) groups is 1. The Bertz CT molecular complexity index is 214. The van der Waals surface area contributed by atoms with Gasteiger partial charge in [0.25, 0.3) is 0 Å². The summed E-state index contributed by atoms with van der Waals surface area (Å²) in [5, 5.41) is 0. The average Bonchev–Trinajstić information content (AvgIpc) is 1.98. The van der Waals surface area contributed by atoms with Crippen molar-refractivity contribution in [3.63, 3.8) is 0 Å². The molecule has 0 aliphatic carbocycles. The van der Waals surface area contributed by atoms with Crippen LogP contribution >= 0.6 is 0 Å². The zero-order valence-electron chi connectivity index (χ0n) is 10.0. The number of rotatable bonds is 2. The number of amides is 1. The lowest BCUT2D eigenvalue weighted by Gasteiger charge is -2.39. The molecule has 3 nitrogen and oxygen atoms in total. The first-order chi connectivity index (χ1) is 6.30. The van der Waals surface area contributed by atoms with Crippen LogP contribution in [0.5, 0.6) is 0 Å². The van der Waals surface area contributed by atoms with Crippen LogP contribution in [-0.2, 0) is 4.79 Å². The Balaban J connectivity index is 2.35. The van der Waals surface area contributed by atoms with Crippen molar-refractivity contribution in [2.24, 2.45) is 11.3 Å². The van der Waals surface area contributed by atoms with E-state index in [1.54, 1.807) is 0 Å². The molecule has 0 spiro atoms. The van der Waals surface area contributed by atoms with Crippen LogP contribution in [0.25, 0.3) is 0 Å². The van der Waals surface area contributed by atoms with Crippen LogP contribution in [0.3, 0.4) is 0 Å². The molecular weight excluding hydrogens is 176 g/mol. The predicted molar refractivity (Wildman–Crippen MR) is 58.1 cm³/mol. The number of hydrogen-bond acceptors (Lipinski definition) is 2. The van der Waals surface area contributed by atoms with Crippen LogP contribution < -0.4 is 0 Å². The summed E-state index contributed by atoms with van der Waals surface area (Å²) in [4.78, 5) is 16.0. The average molecular weight is 198 g/mol. The summed E-state index contributed by atoms with van der Waals surface area (Å²) in [6, 6.07) is 0. The number of nitrogens with zero attached hydrogens (tertiary/aromatic N) is 2. The number of likely N-dealkylation sites (tertiary alicyclic amines) is 1. The number of carbonyl (C=O) groups excluding carboxylic acids is 1. The van der Waals surface area contributed by atoms with E-state index in [1.807, 2.05) is 32.7 Å². The molecule has 0 bridgehead atoms. The van der Waals surface area contributed by atoms with Gasteiger partial charge in [0.1, 0.15) is 0 Å². The molecule has 0 aromatic rings. The van der Waals surface area contributed by atoms with Crippen LogP contribution in [0.4, 0.5) is 0 Å². The lowest BCUT2D eigenvalue weighted by molar-refractivity contribution is -0.139. The Morgan fingerprint density at radius 2 is 1.93 bits per heavy atom. The van der Waals surface area contributed by atoms with E-state index in [-0.39, 0.29) is 11.3 Å². The van der Waals surface area contributed by atoms with Crippen LogP contribution in [0, 0.1) is 11.3 Å². The van der Waals surface area contributed by atoms with Gasteiger partial charge in [-0.3, -0.25) is 4.79 Å². The van der Waals surface area contributed by atoms with Crippen molar-refractivity contribution in [2.45, 2.75) is 20.8 Å². The van der Waals surface area contributed by atoms with E-state index < -0.39 is 0 Å². The summed E-state index contributed by atoms with van der Waals surface area (Å²) >= 11 is 0. The standard InChI is InChI=1S/C11H22N2O/c1-11(2,3)10(14)13(5)8-9-6-12(4)7-9/h9H,6-8H2,1-5H3. The molecular formula is C11H22N2O. The van der Waals surface area contributed by atoms with Gasteiger partial charge in [0.2, 0.25) is 5.91 Å². The van der Waals surface area contributed by atoms with Crippen molar-refractivity contribution >= 4 is 5.91 Å². The van der Waals surface area contributed by atoms with Crippen LogP contribution in [0.2, 0.25) is 0 Å². The zero-order valence-corrected chi connectivity index (χ0v) is 10.0. The Morgan fingerprint density at radius 3 is 2.29 bits per heavy atom. The third kappa shape index (κ3) is 2.71. The molecule has 1 fully saturated rings. The predicted octanol–water partition coefficient (Wildman–Crippen LogP) is 1.05. The fraction of sp³-hybridized carbons (Fsp3) is 0.909. The van der Waals surface area contributed by atoms with Crippen LogP contribution in [0.1, 0.15) is 20.8 Å². The van der Waals surface area contributed by atoms with E-state index in [2.05, 4.69) is 11.9 Å². The molecule has 82 valence electrons. The van der Waals surface area contributed by atoms with Crippen LogP contribution in [0.15, 0.2) is 0 Å². The van der Waals surface area contributed by atoms with E-state index in [1.165, 1.54) is 0 Å². The Hall–Kier alpha value is -0.570. The summed E-state index contributed by atoms with van der Waals surface area (Å²) in [6.07, 6.45) is 0. The van der Waals surface area contributed by atoms with E-state index in [4.69, 9.17) is 0 Å². The van der Waals surface area contributed by atoms with Crippen molar-refractivity contribution < 1.29 is 4.79 Å². The van der Waals surface area contributed by atoms with Gasteiger partial charge in [0, 0.05) is 38.0 Å². The quantitative estimate of drug-likeness (QED) is 0.662. The fourth-order valence-corrected chi connectivity index (χ4v) is 1.99. The van der Waals surface area contributed by atoms with Gasteiger partial charge >= 0.3 is 0 Å². The molecule has 0 radical (unpaired) electrons. The summed E-state index contributed by atoms with van der Waals surface area (Å²) in [7, 11) is 4.02. The first kappa shape index (κ1) is 11.5. The van der Waals surface area contributed by atoms with Gasteiger partial charge in [0.05, 0.1) is 0 Å². The summed E-state index contributed by atoms with van der Waals surface area (Å²) < 4.78 is 0. The van der Waals surface area contributed by atoms with Gasteiger partial charge in [-0.25, -0.2) is 0 Å². The minimum atomic E-state index is -0.246. The van der Waals surface area contributed by atoms with Gasteiger partial charge in [-0.2, -0.15) is 0 Å². The molecule has 0 saturated carbocycles. The molecule has 0 aromatic carbocycles. The van der Waals surface area contributed by atoms with E-state index in [9.17, 15) is 4.79 Å². The Kier molecular flexibility index (Phi) is 3.20. The fourth-order valence-electron chi connectivity index (χ4n) is 1.99. The third-order valence-electron chi connectivity index (χ3n) is 2.66. The molecule has 0 aromatic heterocycles. The Morgan fingerprint density at radius 1 is 1.43 bits per heavy atom. The lowest BCUT2D eigenvalue weighted by Crippen LogP contribution is -2.50. The smallest absolute Gasteiger partial charge is 0.227 e. The third-order valence-corrected chi connectivity index (χ3v) is 2.66. The largest absolute Gasteiger partial charge is 0.345 e. The van der Waals surface area contributed by atoms with Gasteiger partial charge in [-0.1, -0.05) is 20.8 Å². The van der Waals surface area contributed by atoms with Crippen molar-refractivity contribution in [3.05, 3.63) is 0 Å². The first-order valence-electron chi connectivity index (χ1n) is 5.25. The molecule has 0 N–H and O–H groups in total. The Labute approximate surface area is 87.1 Å². The van der Waals surface area contributed by atoms with Crippen molar-refractivity contribution in [2.75, 3.05) is 33.7 Å². The van der Waals surface area contributed by atoms with Crippen molar-refractivity contribution in [3.8, 4) is 0 Å². The maximum Gasteiger partial charge on any atom is 0.227 e. The second-order valence-electron chi connectivity index (χ2n) is 5.52. The van der Waals surface area contributed by atoms with E-state index in [0.29, 0.717) is 5.92 Å². The lowest BCUT2D eigenvalue weighted by atomic mass is 9.93.